The van der Waals surface area contributed by atoms with Crippen molar-refractivity contribution in [3.05, 3.63) is 12.7 Å². The van der Waals surface area contributed by atoms with Crippen LogP contribution in [0.5, 0.6) is 0 Å². The van der Waals surface area contributed by atoms with Gasteiger partial charge in [0.2, 0.25) is 0 Å². The molecular formula is C16H32O3Si. The van der Waals surface area contributed by atoms with Gasteiger partial charge in [0.1, 0.15) is 6.10 Å². The topological polar surface area (TPSA) is 35.5 Å². The molecule has 1 atom stereocenters. The third-order valence-corrected chi connectivity index (χ3v) is 8.43. The fourth-order valence-electron chi connectivity index (χ4n) is 1.52. The maximum absolute atomic E-state index is 11.6. The number of ether oxygens (including phenoxy) is 1. The zero-order chi connectivity index (χ0) is 15.8. The Morgan fingerprint density at radius 2 is 1.95 bits per heavy atom. The lowest BCUT2D eigenvalue weighted by Crippen LogP contribution is -2.41. The van der Waals surface area contributed by atoms with E-state index in [2.05, 4.69) is 40.4 Å². The van der Waals surface area contributed by atoms with Crippen LogP contribution in [0.25, 0.3) is 0 Å². The lowest BCUT2D eigenvalue weighted by atomic mass is 10.2. The van der Waals surface area contributed by atoms with Gasteiger partial charge in [-0.05, 0) is 24.6 Å². The van der Waals surface area contributed by atoms with Gasteiger partial charge in [0.25, 0.3) is 0 Å². The SMILES string of the molecule is C=CCC(CCO[Si](C)(C)C(C)(C)C)OC(=O)CCC. The molecule has 3 nitrogen and oxygen atoms in total. The molecule has 0 aromatic heterocycles. The van der Waals surface area contributed by atoms with Crippen LogP contribution in [0.3, 0.4) is 0 Å². The van der Waals surface area contributed by atoms with Gasteiger partial charge >= 0.3 is 5.97 Å². The monoisotopic (exact) mass is 300 g/mol. The zero-order valence-corrected chi connectivity index (χ0v) is 15.1. The summed E-state index contributed by atoms with van der Waals surface area (Å²) in [5.41, 5.74) is 0. The number of rotatable bonds is 9. The molecule has 0 N–H and O–H groups in total. The Morgan fingerprint density at radius 3 is 2.40 bits per heavy atom. The van der Waals surface area contributed by atoms with E-state index in [1.165, 1.54) is 0 Å². The quantitative estimate of drug-likeness (QED) is 0.352. The minimum Gasteiger partial charge on any atom is -0.462 e. The van der Waals surface area contributed by atoms with Crippen LogP contribution in [0.2, 0.25) is 18.1 Å². The lowest BCUT2D eigenvalue weighted by Gasteiger charge is -2.36. The first-order chi connectivity index (χ1) is 9.14. The highest BCUT2D eigenvalue weighted by molar-refractivity contribution is 6.74. The van der Waals surface area contributed by atoms with E-state index >= 15 is 0 Å². The summed E-state index contributed by atoms with van der Waals surface area (Å²) in [4.78, 5) is 11.6. The molecule has 0 heterocycles. The summed E-state index contributed by atoms with van der Waals surface area (Å²) in [5.74, 6) is -0.119. The normalized spacial score (nSPS) is 13.9. The van der Waals surface area contributed by atoms with Crippen molar-refractivity contribution in [2.45, 2.75) is 77.6 Å². The van der Waals surface area contributed by atoms with Crippen molar-refractivity contribution in [2.24, 2.45) is 0 Å². The van der Waals surface area contributed by atoms with Gasteiger partial charge in [-0.1, -0.05) is 33.8 Å². The van der Waals surface area contributed by atoms with E-state index in [1.807, 2.05) is 6.92 Å². The predicted molar refractivity (Wildman–Crippen MR) is 87.4 cm³/mol. The van der Waals surface area contributed by atoms with E-state index in [-0.39, 0.29) is 17.1 Å². The predicted octanol–water partition coefficient (Wildman–Crippen LogP) is 4.69. The van der Waals surface area contributed by atoms with Crippen LogP contribution in [-0.2, 0) is 14.0 Å². The molecule has 4 heteroatoms. The van der Waals surface area contributed by atoms with Crippen molar-refractivity contribution in [3.8, 4) is 0 Å². The second-order valence-electron chi connectivity index (χ2n) is 6.78. The molecule has 118 valence electrons. The van der Waals surface area contributed by atoms with Crippen LogP contribution in [0.1, 0.15) is 53.4 Å². The van der Waals surface area contributed by atoms with Gasteiger partial charge in [-0.25, -0.2) is 0 Å². The first kappa shape index (κ1) is 19.4. The van der Waals surface area contributed by atoms with Crippen LogP contribution in [0.15, 0.2) is 12.7 Å². The molecule has 0 rings (SSSR count). The minimum atomic E-state index is -1.72. The van der Waals surface area contributed by atoms with Crippen molar-refractivity contribution in [1.82, 2.24) is 0 Å². The third kappa shape index (κ3) is 7.24. The molecule has 0 bridgehead atoms. The van der Waals surface area contributed by atoms with Crippen molar-refractivity contribution in [3.63, 3.8) is 0 Å². The highest BCUT2D eigenvalue weighted by Crippen LogP contribution is 2.36. The fourth-order valence-corrected chi connectivity index (χ4v) is 2.58. The molecule has 0 aliphatic rings. The smallest absolute Gasteiger partial charge is 0.306 e. The van der Waals surface area contributed by atoms with E-state index in [4.69, 9.17) is 9.16 Å². The third-order valence-electron chi connectivity index (χ3n) is 3.89. The molecule has 0 saturated heterocycles. The number of esters is 1. The second kappa shape index (κ2) is 8.62. The number of carbonyl (C=O) groups is 1. The molecule has 0 aliphatic heterocycles. The van der Waals surface area contributed by atoms with Crippen LogP contribution >= 0.6 is 0 Å². The summed E-state index contributed by atoms with van der Waals surface area (Å²) in [7, 11) is -1.72. The average Bonchev–Trinajstić information content (AvgIpc) is 2.27. The van der Waals surface area contributed by atoms with Crippen LogP contribution in [0.4, 0.5) is 0 Å². The molecule has 0 aromatic rings. The largest absolute Gasteiger partial charge is 0.462 e. The molecule has 0 amide bonds. The van der Waals surface area contributed by atoms with Gasteiger partial charge in [0.15, 0.2) is 8.32 Å². The van der Waals surface area contributed by atoms with Crippen LogP contribution < -0.4 is 0 Å². The Bertz CT molecular complexity index is 305. The lowest BCUT2D eigenvalue weighted by molar-refractivity contribution is -0.149. The molecule has 0 aliphatic carbocycles. The van der Waals surface area contributed by atoms with Gasteiger partial charge < -0.3 is 9.16 Å². The number of hydrogen-bond donors (Lipinski definition) is 0. The van der Waals surface area contributed by atoms with E-state index in [0.29, 0.717) is 19.4 Å². The van der Waals surface area contributed by atoms with E-state index in [0.717, 1.165) is 12.8 Å². The van der Waals surface area contributed by atoms with Crippen molar-refractivity contribution in [2.75, 3.05) is 6.61 Å². The maximum Gasteiger partial charge on any atom is 0.306 e. The van der Waals surface area contributed by atoms with Crippen LogP contribution in [0, 0.1) is 0 Å². The Labute approximate surface area is 125 Å². The maximum atomic E-state index is 11.6. The molecule has 0 fully saturated rings. The highest BCUT2D eigenvalue weighted by atomic mass is 28.4. The average molecular weight is 301 g/mol. The summed E-state index contributed by atoms with van der Waals surface area (Å²) >= 11 is 0. The Balaban J connectivity index is 4.28. The molecule has 0 saturated carbocycles. The van der Waals surface area contributed by atoms with Gasteiger partial charge in [-0.15, -0.1) is 6.58 Å². The Kier molecular flexibility index (Phi) is 8.36. The van der Waals surface area contributed by atoms with Crippen molar-refractivity contribution in [1.29, 1.82) is 0 Å². The summed E-state index contributed by atoms with van der Waals surface area (Å²) in [5, 5.41) is 0.208. The highest BCUT2D eigenvalue weighted by Gasteiger charge is 2.37. The number of hydrogen-bond acceptors (Lipinski definition) is 3. The van der Waals surface area contributed by atoms with Gasteiger partial charge in [0.05, 0.1) is 0 Å². The molecular weight excluding hydrogens is 268 g/mol. The molecule has 20 heavy (non-hydrogen) atoms. The number of carbonyl (C=O) groups excluding carboxylic acids is 1. The van der Waals surface area contributed by atoms with E-state index < -0.39 is 8.32 Å². The molecule has 0 radical (unpaired) electrons. The standard InChI is InChI=1S/C16H32O3Si/c1-8-10-14(19-15(17)11-9-2)12-13-18-20(6,7)16(3,4)5/h8,14H,1,9-13H2,2-7H3. The Morgan fingerprint density at radius 1 is 1.35 bits per heavy atom. The van der Waals surface area contributed by atoms with Gasteiger partial charge in [0, 0.05) is 25.9 Å². The minimum absolute atomic E-state index is 0.101. The van der Waals surface area contributed by atoms with Crippen LogP contribution in [-0.4, -0.2) is 27.0 Å². The molecule has 0 aromatic carbocycles. The van der Waals surface area contributed by atoms with Crippen molar-refractivity contribution < 1.29 is 14.0 Å². The fraction of sp³-hybridized carbons (Fsp3) is 0.812. The van der Waals surface area contributed by atoms with E-state index in [1.54, 1.807) is 6.08 Å². The molecule has 0 spiro atoms. The summed E-state index contributed by atoms with van der Waals surface area (Å²) < 4.78 is 11.6. The summed E-state index contributed by atoms with van der Waals surface area (Å²) in [6.07, 6.45) is 4.44. The van der Waals surface area contributed by atoms with Gasteiger partial charge in [-0.3, -0.25) is 4.79 Å². The zero-order valence-electron chi connectivity index (χ0n) is 14.1. The first-order valence-electron chi connectivity index (χ1n) is 7.58. The van der Waals surface area contributed by atoms with Crippen molar-refractivity contribution >= 4 is 14.3 Å². The van der Waals surface area contributed by atoms with Gasteiger partial charge in [-0.2, -0.15) is 0 Å². The first-order valence-corrected chi connectivity index (χ1v) is 10.5. The summed E-state index contributed by atoms with van der Waals surface area (Å²) in [6.45, 7) is 17.5. The Hall–Kier alpha value is -0.613. The van der Waals surface area contributed by atoms with E-state index in [9.17, 15) is 4.79 Å². The molecule has 1 unspecified atom stereocenters. The summed E-state index contributed by atoms with van der Waals surface area (Å²) in [6, 6.07) is 0. The second-order valence-corrected chi connectivity index (χ2v) is 11.6.